The zero-order chi connectivity index (χ0) is 12.1. The first-order valence-electron chi connectivity index (χ1n) is 5.44. The van der Waals surface area contributed by atoms with Crippen LogP contribution in [0.15, 0.2) is 48.5 Å². The van der Waals surface area contributed by atoms with Crippen molar-refractivity contribution in [3.05, 3.63) is 54.1 Å². The predicted molar refractivity (Wildman–Crippen MR) is 68.4 cm³/mol. The standard InChI is InChI=1S/C14H15NO2/c1-17-14-7-2-4-11(8-14)10-15-12-5-3-6-13(16)9-12/h2-9,15-16H,10H2,1H3. The van der Waals surface area contributed by atoms with Gasteiger partial charge in [0.1, 0.15) is 11.5 Å². The molecule has 0 aliphatic heterocycles. The molecule has 88 valence electrons. The van der Waals surface area contributed by atoms with Crippen molar-refractivity contribution in [3.63, 3.8) is 0 Å². The summed E-state index contributed by atoms with van der Waals surface area (Å²) < 4.78 is 5.16. The number of anilines is 1. The van der Waals surface area contributed by atoms with Gasteiger partial charge in [-0.2, -0.15) is 0 Å². The molecule has 0 aromatic heterocycles. The second-order valence-electron chi connectivity index (χ2n) is 3.76. The number of nitrogens with one attached hydrogen (secondary N) is 1. The molecule has 0 spiro atoms. The van der Waals surface area contributed by atoms with E-state index >= 15 is 0 Å². The molecular formula is C14H15NO2. The van der Waals surface area contributed by atoms with Gasteiger partial charge in [-0.1, -0.05) is 18.2 Å². The Balaban J connectivity index is 2.02. The first-order chi connectivity index (χ1) is 8.28. The summed E-state index contributed by atoms with van der Waals surface area (Å²) in [6.07, 6.45) is 0. The average Bonchev–Trinajstić information content (AvgIpc) is 2.37. The molecule has 0 amide bonds. The van der Waals surface area contributed by atoms with Crippen LogP contribution >= 0.6 is 0 Å². The van der Waals surface area contributed by atoms with E-state index in [1.54, 1.807) is 19.2 Å². The fourth-order valence-corrected chi connectivity index (χ4v) is 1.60. The maximum absolute atomic E-state index is 9.33. The van der Waals surface area contributed by atoms with Gasteiger partial charge in [0.15, 0.2) is 0 Å². The largest absolute Gasteiger partial charge is 0.508 e. The lowest BCUT2D eigenvalue weighted by Crippen LogP contribution is -1.99. The van der Waals surface area contributed by atoms with Crippen LogP contribution in [0, 0.1) is 0 Å². The molecule has 2 aromatic carbocycles. The van der Waals surface area contributed by atoms with E-state index in [0.29, 0.717) is 6.54 Å². The monoisotopic (exact) mass is 229 g/mol. The number of methoxy groups -OCH3 is 1. The number of rotatable bonds is 4. The van der Waals surface area contributed by atoms with Crippen LogP contribution in [0.25, 0.3) is 0 Å². The SMILES string of the molecule is COc1cccc(CNc2cccc(O)c2)c1. The van der Waals surface area contributed by atoms with Gasteiger partial charge in [0.25, 0.3) is 0 Å². The van der Waals surface area contributed by atoms with Crippen molar-refractivity contribution in [3.8, 4) is 11.5 Å². The van der Waals surface area contributed by atoms with E-state index in [0.717, 1.165) is 17.0 Å². The van der Waals surface area contributed by atoms with Gasteiger partial charge in [-0.25, -0.2) is 0 Å². The minimum Gasteiger partial charge on any atom is -0.508 e. The van der Waals surface area contributed by atoms with E-state index in [4.69, 9.17) is 4.74 Å². The number of benzene rings is 2. The summed E-state index contributed by atoms with van der Waals surface area (Å²) in [5.74, 6) is 1.11. The lowest BCUT2D eigenvalue weighted by Gasteiger charge is -2.08. The van der Waals surface area contributed by atoms with Crippen molar-refractivity contribution < 1.29 is 9.84 Å². The first kappa shape index (κ1) is 11.3. The molecule has 0 saturated heterocycles. The maximum atomic E-state index is 9.33. The molecule has 2 rings (SSSR count). The Labute approximate surface area is 101 Å². The van der Waals surface area contributed by atoms with Crippen molar-refractivity contribution >= 4 is 5.69 Å². The molecule has 3 nitrogen and oxygen atoms in total. The molecule has 0 atom stereocenters. The summed E-state index contributed by atoms with van der Waals surface area (Å²) in [7, 11) is 1.65. The smallest absolute Gasteiger partial charge is 0.119 e. The van der Waals surface area contributed by atoms with E-state index in [-0.39, 0.29) is 5.75 Å². The quantitative estimate of drug-likeness (QED) is 0.846. The highest BCUT2D eigenvalue weighted by Gasteiger charge is 1.97. The minimum atomic E-state index is 0.264. The summed E-state index contributed by atoms with van der Waals surface area (Å²) >= 11 is 0. The number of hydrogen-bond donors (Lipinski definition) is 2. The Bertz CT molecular complexity index is 497. The second-order valence-corrected chi connectivity index (χ2v) is 3.76. The third-order valence-corrected chi connectivity index (χ3v) is 2.48. The summed E-state index contributed by atoms with van der Waals surface area (Å²) in [6, 6.07) is 14.9. The molecule has 0 aliphatic rings. The molecule has 2 aromatic rings. The Hall–Kier alpha value is -2.16. The van der Waals surface area contributed by atoms with Gasteiger partial charge in [-0.05, 0) is 29.8 Å². The van der Waals surface area contributed by atoms with Crippen molar-refractivity contribution in [2.24, 2.45) is 0 Å². The molecule has 0 radical (unpaired) electrons. The number of aromatic hydroxyl groups is 1. The van der Waals surface area contributed by atoms with Crippen molar-refractivity contribution in [1.29, 1.82) is 0 Å². The van der Waals surface area contributed by atoms with Crippen LogP contribution in [0.1, 0.15) is 5.56 Å². The third-order valence-electron chi connectivity index (χ3n) is 2.48. The first-order valence-corrected chi connectivity index (χ1v) is 5.44. The molecule has 17 heavy (non-hydrogen) atoms. The highest BCUT2D eigenvalue weighted by molar-refractivity contribution is 5.48. The van der Waals surface area contributed by atoms with E-state index < -0.39 is 0 Å². The minimum absolute atomic E-state index is 0.264. The molecule has 0 bridgehead atoms. The summed E-state index contributed by atoms with van der Waals surface area (Å²) in [5, 5.41) is 12.6. The van der Waals surface area contributed by atoms with Crippen molar-refractivity contribution in [2.75, 3.05) is 12.4 Å². The Morgan fingerprint density at radius 3 is 2.71 bits per heavy atom. The summed E-state index contributed by atoms with van der Waals surface area (Å²) in [6.45, 7) is 0.695. The van der Waals surface area contributed by atoms with E-state index in [9.17, 15) is 5.11 Å². The lowest BCUT2D eigenvalue weighted by molar-refractivity contribution is 0.414. The van der Waals surface area contributed by atoms with Gasteiger partial charge in [0, 0.05) is 18.3 Å². The fourth-order valence-electron chi connectivity index (χ4n) is 1.60. The van der Waals surface area contributed by atoms with Crippen molar-refractivity contribution in [2.45, 2.75) is 6.54 Å². The molecule has 0 heterocycles. The topological polar surface area (TPSA) is 41.5 Å². The van der Waals surface area contributed by atoms with E-state index in [2.05, 4.69) is 5.32 Å². The number of phenols is 1. The lowest BCUT2D eigenvalue weighted by atomic mass is 10.2. The Morgan fingerprint density at radius 1 is 1.12 bits per heavy atom. The molecule has 3 heteroatoms. The summed E-state index contributed by atoms with van der Waals surface area (Å²) in [4.78, 5) is 0. The molecule has 0 saturated carbocycles. The number of phenolic OH excluding ortho intramolecular Hbond substituents is 1. The van der Waals surface area contributed by atoms with Crippen LogP contribution in [0.3, 0.4) is 0 Å². The van der Waals surface area contributed by atoms with E-state index in [1.165, 1.54) is 0 Å². The fraction of sp³-hybridized carbons (Fsp3) is 0.143. The zero-order valence-corrected chi connectivity index (χ0v) is 9.68. The van der Waals surface area contributed by atoms with Gasteiger partial charge in [0.05, 0.1) is 7.11 Å². The van der Waals surface area contributed by atoms with E-state index in [1.807, 2.05) is 36.4 Å². The Kier molecular flexibility index (Phi) is 3.50. The van der Waals surface area contributed by atoms with Gasteiger partial charge in [-0.3, -0.25) is 0 Å². The van der Waals surface area contributed by atoms with Gasteiger partial charge < -0.3 is 15.2 Å². The number of ether oxygens (including phenoxy) is 1. The predicted octanol–water partition coefficient (Wildman–Crippen LogP) is 3.01. The van der Waals surface area contributed by atoms with Crippen LogP contribution in [-0.2, 0) is 6.54 Å². The molecule has 0 unspecified atom stereocenters. The van der Waals surface area contributed by atoms with Crippen LogP contribution in [-0.4, -0.2) is 12.2 Å². The van der Waals surface area contributed by atoms with Crippen LogP contribution < -0.4 is 10.1 Å². The highest BCUT2D eigenvalue weighted by Crippen LogP contribution is 2.17. The normalized spacial score (nSPS) is 9.94. The Morgan fingerprint density at radius 2 is 1.94 bits per heavy atom. The molecular weight excluding hydrogens is 214 g/mol. The molecule has 0 fully saturated rings. The van der Waals surface area contributed by atoms with Gasteiger partial charge in [0.2, 0.25) is 0 Å². The maximum Gasteiger partial charge on any atom is 0.119 e. The van der Waals surface area contributed by atoms with Gasteiger partial charge >= 0.3 is 0 Å². The van der Waals surface area contributed by atoms with Crippen LogP contribution in [0.2, 0.25) is 0 Å². The molecule has 2 N–H and O–H groups in total. The van der Waals surface area contributed by atoms with Crippen LogP contribution in [0.5, 0.6) is 11.5 Å². The van der Waals surface area contributed by atoms with Gasteiger partial charge in [-0.15, -0.1) is 0 Å². The zero-order valence-electron chi connectivity index (χ0n) is 9.68. The second kappa shape index (κ2) is 5.25. The van der Waals surface area contributed by atoms with Crippen molar-refractivity contribution in [1.82, 2.24) is 0 Å². The highest BCUT2D eigenvalue weighted by atomic mass is 16.5. The van der Waals surface area contributed by atoms with Crippen LogP contribution in [0.4, 0.5) is 5.69 Å². The third kappa shape index (κ3) is 3.14. The molecule has 0 aliphatic carbocycles. The average molecular weight is 229 g/mol. The summed E-state index contributed by atoms with van der Waals surface area (Å²) in [5.41, 5.74) is 2.03. The number of hydrogen-bond acceptors (Lipinski definition) is 3.